The quantitative estimate of drug-likeness (QED) is 0.448. The molecule has 0 unspecified atom stereocenters. The van der Waals surface area contributed by atoms with E-state index in [0.29, 0.717) is 17.7 Å². The molecule has 3 heteroatoms. The van der Waals surface area contributed by atoms with E-state index in [0.717, 1.165) is 0 Å². The van der Waals surface area contributed by atoms with Crippen LogP contribution in [0, 0.1) is 11.8 Å². The Morgan fingerprint density at radius 2 is 2.50 bits per heavy atom. The first-order chi connectivity index (χ1) is 5.88. The fraction of sp³-hybridized carbons (Fsp3) is 0.111. The molecule has 0 amide bonds. The lowest BCUT2D eigenvalue weighted by molar-refractivity contribution is -0.103. The molecule has 1 heterocycles. The van der Waals surface area contributed by atoms with Gasteiger partial charge in [0.25, 0.3) is 0 Å². The van der Waals surface area contributed by atoms with E-state index in [2.05, 4.69) is 16.8 Å². The second-order valence-electron chi connectivity index (χ2n) is 1.94. The van der Waals surface area contributed by atoms with Gasteiger partial charge in [-0.05, 0) is 24.0 Å². The highest BCUT2D eigenvalue weighted by molar-refractivity contribution is 5.74. The van der Waals surface area contributed by atoms with Crippen molar-refractivity contribution in [2.45, 2.75) is 0 Å². The Balaban J connectivity index is 3.04. The minimum absolute atomic E-state index is 0.479. The second kappa shape index (κ2) is 4.14. The SMILES string of the molecule is COc1cccnc1C#CC=O. The summed E-state index contributed by atoms with van der Waals surface area (Å²) in [6.45, 7) is 0. The number of aromatic nitrogens is 1. The van der Waals surface area contributed by atoms with Crippen molar-refractivity contribution in [2.24, 2.45) is 0 Å². The van der Waals surface area contributed by atoms with E-state index in [1.807, 2.05) is 0 Å². The zero-order chi connectivity index (χ0) is 8.81. The summed E-state index contributed by atoms with van der Waals surface area (Å²) >= 11 is 0. The maximum absolute atomic E-state index is 9.94. The molecular weight excluding hydrogens is 154 g/mol. The van der Waals surface area contributed by atoms with E-state index in [4.69, 9.17) is 4.74 Å². The molecule has 1 aromatic heterocycles. The first-order valence-corrected chi connectivity index (χ1v) is 3.32. The minimum Gasteiger partial charge on any atom is -0.494 e. The number of hydrogen-bond acceptors (Lipinski definition) is 3. The van der Waals surface area contributed by atoms with Gasteiger partial charge < -0.3 is 4.74 Å². The number of hydrogen-bond donors (Lipinski definition) is 0. The molecule has 0 N–H and O–H groups in total. The summed E-state index contributed by atoms with van der Waals surface area (Å²) in [5.41, 5.74) is 0.479. The summed E-state index contributed by atoms with van der Waals surface area (Å²) in [5, 5.41) is 0. The zero-order valence-electron chi connectivity index (χ0n) is 6.57. The molecule has 0 radical (unpaired) electrons. The summed E-state index contributed by atoms with van der Waals surface area (Å²) in [4.78, 5) is 13.9. The molecule has 0 spiro atoms. The maximum Gasteiger partial charge on any atom is 0.193 e. The van der Waals surface area contributed by atoms with Crippen LogP contribution < -0.4 is 4.74 Å². The van der Waals surface area contributed by atoms with Gasteiger partial charge >= 0.3 is 0 Å². The van der Waals surface area contributed by atoms with Crippen molar-refractivity contribution in [3.63, 3.8) is 0 Å². The van der Waals surface area contributed by atoms with Crippen molar-refractivity contribution < 1.29 is 9.53 Å². The summed E-state index contributed by atoms with van der Waals surface area (Å²) in [6.07, 6.45) is 2.12. The highest BCUT2D eigenvalue weighted by atomic mass is 16.5. The Hall–Kier alpha value is -1.82. The Labute approximate surface area is 70.4 Å². The molecule has 0 saturated carbocycles. The van der Waals surface area contributed by atoms with Crippen LogP contribution in [0.2, 0.25) is 0 Å². The van der Waals surface area contributed by atoms with Crippen molar-refractivity contribution in [2.75, 3.05) is 7.11 Å². The molecule has 1 aromatic rings. The molecule has 0 aliphatic rings. The van der Waals surface area contributed by atoms with Crippen LogP contribution in [0.1, 0.15) is 5.69 Å². The van der Waals surface area contributed by atoms with E-state index < -0.39 is 0 Å². The fourth-order valence-electron chi connectivity index (χ4n) is 0.747. The zero-order valence-corrected chi connectivity index (χ0v) is 6.57. The molecule has 0 aromatic carbocycles. The second-order valence-corrected chi connectivity index (χ2v) is 1.94. The molecule has 3 nitrogen and oxygen atoms in total. The first kappa shape index (κ1) is 8.28. The lowest BCUT2D eigenvalue weighted by Crippen LogP contribution is -1.89. The van der Waals surface area contributed by atoms with E-state index in [1.165, 1.54) is 7.11 Å². The van der Waals surface area contributed by atoms with Crippen LogP contribution in [-0.2, 0) is 4.79 Å². The highest BCUT2D eigenvalue weighted by Crippen LogP contribution is 2.12. The van der Waals surface area contributed by atoms with Crippen LogP contribution >= 0.6 is 0 Å². The van der Waals surface area contributed by atoms with Crippen LogP contribution in [0.3, 0.4) is 0 Å². The Bertz CT molecular complexity index is 336. The molecular formula is C9H7NO2. The fourth-order valence-corrected chi connectivity index (χ4v) is 0.747. The lowest BCUT2D eigenvalue weighted by Gasteiger charge is -1.99. The Morgan fingerprint density at radius 1 is 1.67 bits per heavy atom. The van der Waals surface area contributed by atoms with E-state index in [-0.39, 0.29) is 0 Å². The van der Waals surface area contributed by atoms with Crippen LogP contribution in [0.5, 0.6) is 5.75 Å². The third-order valence-corrected chi connectivity index (χ3v) is 1.24. The third kappa shape index (κ3) is 1.83. The average molecular weight is 161 g/mol. The normalized spacial score (nSPS) is 8.08. The van der Waals surface area contributed by atoms with Crippen LogP contribution in [-0.4, -0.2) is 18.4 Å². The molecule has 0 bridgehead atoms. The molecule has 0 atom stereocenters. The predicted molar refractivity (Wildman–Crippen MR) is 43.7 cm³/mol. The summed E-state index contributed by atoms with van der Waals surface area (Å²) in [6, 6.07) is 3.48. The molecule has 60 valence electrons. The van der Waals surface area contributed by atoms with Crippen LogP contribution in [0.4, 0.5) is 0 Å². The van der Waals surface area contributed by atoms with Gasteiger partial charge in [-0.25, -0.2) is 4.98 Å². The van der Waals surface area contributed by atoms with Crippen molar-refractivity contribution >= 4 is 6.29 Å². The van der Waals surface area contributed by atoms with Crippen molar-refractivity contribution in [3.8, 4) is 17.6 Å². The highest BCUT2D eigenvalue weighted by Gasteiger charge is 1.97. The molecule has 0 aliphatic heterocycles. The Kier molecular flexibility index (Phi) is 2.86. The summed E-state index contributed by atoms with van der Waals surface area (Å²) in [7, 11) is 1.53. The molecule has 1 rings (SSSR count). The molecule has 0 saturated heterocycles. The maximum atomic E-state index is 9.94. The van der Waals surface area contributed by atoms with Gasteiger partial charge in [0.05, 0.1) is 7.11 Å². The van der Waals surface area contributed by atoms with Gasteiger partial charge in [0.15, 0.2) is 17.7 Å². The van der Waals surface area contributed by atoms with E-state index >= 15 is 0 Å². The Morgan fingerprint density at radius 3 is 3.17 bits per heavy atom. The predicted octanol–water partition coefficient (Wildman–Crippen LogP) is 0.641. The van der Waals surface area contributed by atoms with Gasteiger partial charge in [-0.2, -0.15) is 0 Å². The number of nitrogens with zero attached hydrogens (tertiary/aromatic N) is 1. The number of carbonyl (C=O) groups excluding carboxylic acids is 1. The van der Waals surface area contributed by atoms with Gasteiger partial charge in [-0.3, -0.25) is 4.79 Å². The van der Waals surface area contributed by atoms with E-state index in [1.54, 1.807) is 18.3 Å². The van der Waals surface area contributed by atoms with Crippen molar-refractivity contribution in [1.82, 2.24) is 4.98 Å². The average Bonchev–Trinajstić information content (AvgIpc) is 2.15. The number of pyridine rings is 1. The van der Waals surface area contributed by atoms with Gasteiger partial charge in [0.1, 0.15) is 0 Å². The van der Waals surface area contributed by atoms with Crippen molar-refractivity contribution in [1.29, 1.82) is 0 Å². The molecule has 0 aliphatic carbocycles. The number of aldehydes is 1. The van der Waals surface area contributed by atoms with Gasteiger partial charge in [0, 0.05) is 6.20 Å². The smallest absolute Gasteiger partial charge is 0.193 e. The number of ether oxygens (including phenoxy) is 1. The monoisotopic (exact) mass is 161 g/mol. The largest absolute Gasteiger partial charge is 0.494 e. The summed E-state index contributed by atoms with van der Waals surface area (Å²) < 4.78 is 4.96. The van der Waals surface area contributed by atoms with E-state index in [9.17, 15) is 4.79 Å². The molecule has 12 heavy (non-hydrogen) atoms. The third-order valence-electron chi connectivity index (χ3n) is 1.24. The number of rotatable bonds is 1. The lowest BCUT2D eigenvalue weighted by atomic mass is 10.3. The summed E-state index contributed by atoms with van der Waals surface area (Å²) in [5.74, 6) is 5.40. The number of methoxy groups -OCH3 is 1. The standard InChI is InChI=1S/C9H7NO2/c1-12-9-5-2-6-10-8(9)4-3-7-11/h2,5-7H,1H3. The first-order valence-electron chi connectivity index (χ1n) is 3.32. The minimum atomic E-state index is 0.479. The van der Waals surface area contributed by atoms with Gasteiger partial charge in [0.2, 0.25) is 0 Å². The van der Waals surface area contributed by atoms with Gasteiger partial charge in [-0.15, -0.1) is 0 Å². The van der Waals surface area contributed by atoms with Crippen LogP contribution in [0.25, 0.3) is 0 Å². The van der Waals surface area contributed by atoms with Crippen molar-refractivity contribution in [3.05, 3.63) is 24.0 Å². The number of carbonyl (C=O) groups is 1. The molecule has 0 fully saturated rings. The van der Waals surface area contributed by atoms with Crippen LogP contribution in [0.15, 0.2) is 18.3 Å². The topological polar surface area (TPSA) is 39.2 Å². The van der Waals surface area contributed by atoms with Gasteiger partial charge in [-0.1, -0.05) is 0 Å².